The number of rotatable bonds is 3. The van der Waals surface area contributed by atoms with Crippen molar-refractivity contribution in [2.45, 2.75) is 25.0 Å². The molecule has 1 fully saturated rings. The maximum Gasteiger partial charge on any atom is 0.272 e. The number of piperidine rings is 1. The van der Waals surface area contributed by atoms with E-state index in [1.54, 1.807) is 12.1 Å². The molecule has 0 saturated carbocycles. The summed E-state index contributed by atoms with van der Waals surface area (Å²) in [6.07, 6.45) is 1.39. The number of halogens is 2. The molecular formula is C20H19ClFN3O. The van der Waals surface area contributed by atoms with E-state index in [-0.39, 0.29) is 11.7 Å². The lowest BCUT2D eigenvalue weighted by Gasteiger charge is -2.37. The number of aliphatic imine (C=N–C) groups is 1. The van der Waals surface area contributed by atoms with Gasteiger partial charge < -0.3 is 5.32 Å². The van der Waals surface area contributed by atoms with Crippen LogP contribution in [0.3, 0.4) is 0 Å². The molecule has 1 spiro atoms. The van der Waals surface area contributed by atoms with Gasteiger partial charge in [-0.2, -0.15) is 0 Å². The van der Waals surface area contributed by atoms with Crippen molar-refractivity contribution in [1.29, 1.82) is 0 Å². The number of hydrogen-bond donors (Lipinski definition) is 1. The summed E-state index contributed by atoms with van der Waals surface area (Å²) in [5.41, 5.74) is 1.31. The second-order valence-electron chi connectivity index (χ2n) is 6.79. The summed E-state index contributed by atoms with van der Waals surface area (Å²) in [4.78, 5) is 19.3. The van der Waals surface area contributed by atoms with E-state index >= 15 is 0 Å². The van der Waals surface area contributed by atoms with Crippen molar-refractivity contribution in [2.75, 3.05) is 13.1 Å². The average molecular weight is 372 g/mol. The van der Waals surface area contributed by atoms with Crippen LogP contribution in [0.1, 0.15) is 24.0 Å². The molecule has 0 aliphatic carbocycles. The van der Waals surface area contributed by atoms with E-state index < -0.39 is 5.66 Å². The number of likely N-dealkylation sites (tertiary alicyclic amines) is 1. The predicted molar refractivity (Wildman–Crippen MR) is 99.8 cm³/mol. The van der Waals surface area contributed by atoms with Gasteiger partial charge >= 0.3 is 0 Å². The van der Waals surface area contributed by atoms with E-state index in [4.69, 9.17) is 16.6 Å². The van der Waals surface area contributed by atoms with E-state index in [0.717, 1.165) is 18.7 Å². The monoisotopic (exact) mass is 371 g/mol. The number of hydrogen-bond acceptors (Lipinski definition) is 3. The fourth-order valence-electron chi connectivity index (χ4n) is 3.58. The van der Waals surface area contributed by atoms with E-state index in [9.17, 15) is 9.18 Å². The van der Waals surface area contributed by atoms with Crippen LogP contribution in [0.25, 0.3) is 0 Å². The number of carbonyl (C=O) groups excluding carboxylic acids is 1. The molecule has 6 heteroatoms. The molecule has 26 heavy (non-hydrogen) atoms. The minimum atomic E-state index is -0.544. The van der Waals surface area contributed by atoms with Gasteiger partial charge in [-0.1, -0.05) is 48.0 Å². The Hall–Kier alpha value is -2.24. The Morgan fingerprint density at radius 1 is 1.12 bits per heavy atom. The van der Waals surface area contributed by atoms with Gasteiger partial charge in [0.1, 0.15) is 17.2 Å². The fourth-order valence-corrected chi connectivity index (χ4v) is 3.80. The smallest absolute Gasteiger partial charge is 0.272 e. The minimum Gasteiger partial charge on any atom is -0.326 e. The van der Waals surface area contributed by atoms with Gasteiger partial charge in [0.25, 0.3) is 5.91 Å². The predicted octanol–water partition coefficient (Wildman–Crippen LogP) is 3.39. The van der Waals surface area contributed by atoms with Crippen molar-refractivity contribution >= 4 is 23.2 Å². The van der Waals surface area contributed by atoms with Crippen LogP contribution in [0.5, 0.6) is 0 Å². The lowest BCUT2D eigenvalue weighted by atomic mass is 9.97. The van der Waals surface area contributed by atoms with Crippen LogP contribution in [0, 0.1) is 5.82 Å². The zero-order valence-electron chi connectivity index (χ0n) is 14.2. The molecule has 2 aromatic rings. The molecule has 0 radical (unpaired) electrons. The third kappa shape index (κ3) is 3.24. The Balaban J connectivity index is 1.47. The summed E-state index contributed by atoms with van der Waals surface area (Å²) in [7, 11) is 0. The molecule has 1 amide bonds. The quantitative estimate of drug-likeness (QED) is 0.898. The van der Waals surface area contributed by atoms with Gasteiger partial charge in [-0.3, -0.25) is 14.7 Å². The van der Waals surface area contributed by atoms with Crippen molar-refractivity contribution in [2.24, 2.45) is 4.99 Å². The number of amides is 1. The molecule has 0 aromatic heterocycles. The molecule has 4 nitrogen and oxygen atoms in total. The fraction of sp³-hybridized carbons (Fsp3) is 0.300. The minimum absolute atomic E-state index is 0.123. The largest absolute Gasteiger partial charge is 0.326 e. The van der Waals surface area contributed by atoms with Gasteiger partial charge in [-0.25, -0.2) is 4.39 Å². The molecular weight excluding hydrogens is 353 g/mol. The molecule has 2 aliphatic heterocycles. The van der Waals surface area contributed by atoms with Gasteiger partial charge in [-0.05, 0) is 12.1 Å². The third-order valence-corrected chi connectivity index (χ3v) is 5.42. The van der Waals surface area contributed by atoms with Crippen LogP contribution in [-0.4, -0.2) is 35.3 Å². The summed E-state index contributed by atoms with van der Waals surface area (Å²) in [5.74, 6) is -0.405. The first-order valence-corrected chi connectivity index (χ1v) is 9.07. The van der Waals surface area contributed by atoms with Gasteiger partial charge in [-0.15, -0.1) is 0 Å². The van der Waals surface area contributed by atoms with Crippen LogP contribution in [0.2, 0.25) is 5.02 Å². The van der Waals surface area contributed by atoms with Crippen molar-refractivity contribution in [3.8, 4) is 0 Å². The van der Waals surface area contributed by atoms with Crippen molar-refractivity contribution < 1.29 is 9.18 Å². The van der Waals surface area contributed by atoms with Crippen LogP contribution in [-0.2, 0) is 11.3 Å². The second-order valence-corrected chi connectivity index (χ2v) is 7.20. The van der Waals surface area contributed by atoms with E-state index in [0.29, 0.717) is 35.7 Å². The molecule has 0 atom stereocenters. The molecule has 2 aromatic carbocycles. The lowest BCUT2D eigenvalue weighted by Crippen LogP contribution is -2.50. The summed E-state index contributed by atoms with van der Waals surface area (Å²) in [5, 5.41) is 3.50. The van der Waals surface area contributed by atoms with Crippen LogP contribution >= 0.6 is 11.6 Å². The first-order valence-electron chi connectivity index (χ1n) is 8.69. The Morgan fingerprint density at radius 2 is 1.85 bits per heavy atom. The van der Waals surface area contributed by atoms with Crippen molar-refractivity contribution in [3.05, 3.63) is 70.5 Å². The molecule has 2 heterocycles. The first kappa shape index (κ1) is 17.2. The van der Waals surface area contributed by atoms with Crippen molar-refractivity contribution in [3.63, 3.8) is 0 Å². The zero-order valence-corrected chi connectivity index (χ0v) is 15.0. The Bertz CT molecular complexity index is 840. The summed E-state index contributed by atoms with van der Waals surface area (Å²) < 4.78 is 14.0. The van der Waals surface area contributed by atoms with E-state index in [2.05, 4.69) is 10.2 Å². The van der Waals surface area contributed by atoms with Crippen molar-refractivity contribution in [1.82, 2.24) is 10.2 Å². The Morgan fingerprint density at radius 3 is 2.54 bits per heavy atom. The molecule has 4 rings (SSSR count). The topological polar surface area (TPSA) is 44.7 Å². The highest BCUT2D eigenvalue weighted by Gasteiger charge is 2.42. The molecule has 0 bridgehead atoms. The third-order valence-electron chi connectivity index (χ3n) is 5.06. The molecule has 134 valence electrons. The number of nitrogens with one attached hydrogen (secondary N) is 1. The van der Waals surface area contributed by atoms with E-state index in [1.165, 1.54) is 6.07 Å². The standard InChI is InChI=1S/C20H19ClFN3O/c21-16-7-4-8-17(22)15(16)13-25-11-9-20(10-12-25)23-18(19(26)24-20)14-5-2-1-3-6-14/h1-8H,9-13H2,(H,24,26). The zero-order chi connectivity index (χ0) is 18.1. The molecule has 1 saturated heterocycles. The highest BCUT2D eigenvalue weighted by molar-refractivity contribution is 6.46. The maximum absolute atomic E-state index is 14.0. The second kappa shape index (κ2) is 6.82. The first-order chi connectivity index (χ1) is 12.6. The summed E-state index contributed by atoms with van der Waals surface area (Å²) in [6, 6.07) is 14.3. The molecule has 2 aliphatic rings. The Labute approximate surface area is 156 Å². The van der Waals surface area contributed by atoms with Crippen LogP contribution in [0.15, 0.2) is 53.5 Å². The van der Waals surface area contributed by atoms with Gasteiger partial charge in [0, 0.05) is 48.6 Å². The van der Waals surface area contributed by atoms with Gasteiger partial charge in [0.2, 0.25) is 0 Å². The number of nitrogens with zero attached hydrogens (tertiary/aromatic N) is 2. The molecule has 0 unspecified atom stereocenters. The summed E-state index contributed by atoms with van der Waals surface area (Å²) in [6.45, 7) is 1.90. The number of carbonyl (C=O) groups is 1. The molecule has 1 N–H and O–H groups in total. The van der Waals surface area contributed by atoms with Gasteiger partial charge in [0.05, 0.1) is 0 Å². The SMILES string of the molecule is O=C1NC2(CCN(Cc3c(F)cccc3Cl)CC2)N=C1c1ccccc1. The highest BCUT2D eigenvalue weighted by atomic mass is 35.5. The average Bonchev–Trinajstić information content (AvgIpc) is 2.97. The maximum atomic E-state index is 14.0. The number of benzene rings is 2. The van der Waals surface area contributed by atoms with Gasteiger partial charge in [0.15, 0.2) is 0 Å². The Kier molecular flexibility index (Phi) is 4.51. The highest BCUT2D eigenvalue weighted by Crippen LogP contribution is 2.30. The summed E-state index contributed by atoms with van der Waals surface area (Å²) >= 11 is 6.13. The van der Waals surface area contributed by atoms with Crippen LogP contribution in [0.4, 0.5) is 4.39 Å². The van der Waals surface area contributed by atoms with E-state index in [1.807, 2.05) is 30.3 Å². The van der Waals surface area contributed by atoms with Crippen LogP contribution < -0.4 is 5.32 Å². The normalized spacial score (nSPS) is 19.5. The lowest BCUT2D eigenvalue weighted by molar-refractivity contribution is -0.115.